The van der Waals surface area contributed by atoms with Gasteiger partial charge in [0, 0.05) is 36.8 Å². The van der Waals surface area contributed by atoms with Crippen LogP contribution in [0.3, 0.4) is 0 Å². The number of rotatable bonds is 6. The Balaban J connectivity index is 1.83. The van der Waals surface area contributed by atoms with Crippen molar-refractivity contribution in [2.45, 2.75) is 27.3 Å². The van der Waals surface area contributed by atoms with E-state index in [0.717, 1.165) is 29.7 Å². The molecular formula is C22H25N3O2. The molecule has 1 aromatic heterocycles. The summed E-state index contributed by atoms with van der Waals surface area (Å²) in [6.07, 6.45) is 0. The van der Waals surface area contributed by atoms with Crippen molar-refractivity contribution in [3.8, 4) is 0 Å². The SMILES string of the molecule is CCN(CC)c1ccc2cc(C(=O)NCc3ccc(C)cc3)c(=N)oc2c1. The molecule has 2 N–H and O–H groups in total. The summed E-state index contributed by atoms with van der Waals surface area (Å²) in [4.78, 5) is 14.7. The van der Waals surface area contributed by atoms with Crippen LogP contribution < -0.4 is 15.8 Å². The van der Waals surface area contributed by atoms with E-state index < -0.39 is 0 Å². The van der Waals surface area contributed by atoms with Gasteiger partial charge in [-0.3, -0.25) is 10.2 Å². The third-order valence-corrected chi connectivity index (χ3v) is 4.70. The maximum Gasteiger partial charge on any atom is 0.257 e. The van der Waals surface area contributed by atoms with Crippen molar-refractivity contribution < 1.29 is 9.21 Å². The summed E-state index contributed by atoms with van der Waals surface area (Å²) in [5.74, 6) is -0.306. The highest BCUT2D eigenvalue weighted by Gasteiger charge is 2.12. The van der Waals surface area contributed by atoms with Crippen molar-refractivity contribution in [2.75, 3.05) is 18.0 Å². The van der Waals surface area contributed by atoms with Gasteiger partial charge in [0.05, 0.1) is 0 Å². The Morgan fingerprint density at radius 1 is 1.07 bits per heavy atom. The van der Waals surface area contributed by atoms with Crippen LogP contribution in [0.2, 0.25) is 0 Å². The molecular weight excluding hydrogens is 338 g/mol. The van der Waals surface area contributed by atoms with Gasteiger partial charge in [-0.05, 0) is 44.5 Å². The number of nitrogens with one attached hydrogen (secondary N) is 2. The predicted molar refractivity (Wildman–Crippen MR) is 108 cm³/mol. The van der Waals surface area contributed by atoms with Crippen LogP contribution in [0, 0.1) is 12.3 Å². The van der Waals surface area contributed by atoms with Crippen LogP contribution in [0.1, 0.15) is 35.3 Å². The number of carbonyl (C=O) groups excluding carboxylic acids is 1. The first-order valence-corrected chi connectivity index (χ1v) is 9.23. The normalized spacial score (nSPS) is 10.8. The quantitative estimate of drug-likeness (QED) is 0.695. The largest absolute Gasteiger partial charge is 0.438 e. The molecule has 0 aliphatic heterocycles. The third kappa shape index (κ3) is 4.19. The second kappa shape index (κ2) is 8.08. The molecule has 0 spiro atoms. The van der Waals surface area contributed by atoms with E-state index in [1.807, 2.05) is 49.4 Å². The van der Waals surface area contributed by atoms with Gasteiger partial charge in [0.2, 0.25) is 5.55 Å². The van der Waals surface area contributed by atoms with Crippen LogP contribution in [0.4, 0.5) is 5.69 Å². The fourth-order valence-electron chi connectivity index (χ4n) is 3.05. The number of nitrogens with zero attached hydrogens (tertiary/aromatic N) is 1. The molecule has 0 saturated heterocycles. The van der Waals surface area contributed by atoms with Crippen LogP contribution in [-0.4, -0.2) is 19.0 Å². The summed E-state index contributed by atoms with van der Waals surface area (Å²) < 4.78 is 5.64. The summed E-state index contributed by atoms with van der Waals surface area (Å²) >= 11 is 0. The highest BCUT2D eigenvalue weighted by molar-refractivity contribution is 5.96. The summed E-state index contributed by atoms with van der Waals surface area (Å²) in [5.41, 5.74) is 3.97. The van der Waals surface area contributed by atoms with Gasteiger partial charge in [0.1, 0.15) is 11.1 Å². The Hall–Kier alpha value is -3.08. The molecule has 1 heterocycles. The molecule has 27 heavy (non-hydrogen) atoms. The number of carbonyl (C=O) groups is 1. The van der Waals surface area contributed by atoms with E-state index in [1.165, 1.54) is 5.56 Å². The second-order valence-corrected chi connectivity index (χ2v) is 6.55. The Labute approximate surface area is 159 Å². The van der Waals surface area contributed by atoms with E-state index in [2.05, 4.69) is 24.1 Å². The van der Waals surface area contributed by atoms with Gasteiger partial charge in [0.15, 0.2) is 0 Å². The predicted octanol–water partition coefficient (Wildman–Crippen LogP) is 4.00. The number of anilines is 1. The number of benzene rings is 2. The number of aryl methyl sites for hydroxylation is 1. The zero-order valence-electron chi connectivity index (χ0n) is 16.0. The van der Waals surface area contributed by atoms with Crippen molar-refractivity contribution in [1.29, 1.82) is 5.41 Å². The number of hydrogen-bond donors (Lipinski definition) is 2. The average molecular weight is 363 g/mol. The smallest absolute Gasteiger partial charge is 0.257 e. The van der Waals surface area contributed by atoms with Crippen LogP contribution in [0.5, 0.6) is 0 Å². The number of amides is 1. The highest BCUT2D eigenvalue weighted by atomic mass is 16.3. The van der Waals surface area contributed by atoms with Crippen LogP contribution in [0.15, 0.2) is 52.9 Å². The molecule has 0 fully saturated rings. The van der Waals surface area contributed by atoms with E-state index in [-0.39, 0.29) is 17.0 Å². The van der Waals surface area contributed by atoms with Gasteiger partial charge in [-0.25, -0.2) is 0 Å². The van der Waals surface area contributed by atoms with Crippen LogP contribution in [-0.2, 0) is 6.54 Å². The summed E-state index contributed by atoms with van der Waals surface area (Å²) in [6.45, 7) is 8.43. The second-order valence-electron chi connectivity index (χ2n) is 6.55. The van der Waals surface area contributed by atoms with Crippen molar-refractivity contribution in [2.24, 2.45) is 0 Å². The topological polar surface area (TPSA) is 69.3 Å². The lowest BCUT2D eigenvalue weighted by Gasteiger charge is -2.21. The first-order valence-electron chi connectivity index (χ1n) is 9.23. The van der Waals surface area contributed by atoms with Crippen LogP contribution in [0.25, 0.3) is 11.0 Å². The monoisotopic (exact) mass is 363 g/mol. The maximum atomic E-state index is 12.5. The number of fused-ring (bicyclic) bond motifs is 1. The first kappa shape index (κ1) is 18.7. The zero-order valence-corrected chi connectivity index (χ0v) is 16.0. The van der Waals surface area contributed by atoms with E-state index in [4.69, 9.17) is 9.83 Å². The Morgan fingerprint density at radius 3 is 2.44 bits per heavy atom. The molecule has 1 amide bonds. The lowest BCUT2D eigenvalue weighted by molar-refractivity contribution is 0.0946. The summed E-state index contributed by atoms with van der Waals surface area (Å²) in [7, 11) is 0. The zero-order chi connectivity index (χ0) is 19.4. The van der Waals surface area contributed by atoms with Crippen LogP contribution >= 0.6 is 0 Å². The molecule has 3 aromatic rings. The fraction of sp³-hybridized carbons (Fsp3) is 0.273. The molecule has 0 aliphatic carbocycles. The van der Waals surface area contributed by atoms with E-state index in [1.54, 1.807) is 6.07 Å². The Morgan fingerprint density at radius 2 is 1.78 bits per heavy atom. The van der Waals surface area contributed by atoms with Gasteiger partial charge in [-0.2, -0.15) is 0 Å². The molecule has 0 saturated carbocycles. The van der Waals surface area contributed by atoms with Gasteiger partial charge in [-0.15, -0.1) is 0 Å². The van der Waals surface area contributed by atoms with Gasteiger partial charge in [-0.1, -0.05) is 29.8 Å². The summed E-state index contributed by atoms with van der Waals surface area (Å²) in [5, 5.41) is 11.8. The van der Waals surface area contributed by atoms with E-state index in [9.17, 15) is 4.79 Å². The van der Waals surface area contributed by atoms with Crippen molar-refractivity contribution >= 4 is 22.6 Å². The highest BCUT2D eigenvalue weighted by Crippen LogP contribution is 2.22. The molecule has 0 unspecified atom stereocenters. The molecule has 140 valence electrons. The van der Waals surface area contributed by atoms with E-state index in [0.29, 0.717) is 12.1 Å². The van der Waals surface area contributed by atoms with Crippen molar-refractivity contribution in [3.63, 3.8) is 0 Å². The van der Waals surface area contributed by atoms with Gasteiger partial charge in [0.25, 0.3) is 5.91 Å². The summed E-state index contributed by atoms with van der Waals surface area (Å²) in [6, 6.07) is 15.6. The van der Waals surface area contributed by atoms with Gasteiger partial charge >= 0.3 is 0 Å². The Bertz CT molecular complexity index is 1000. The fourth-order valence-corrected chi connectivity index (χ4v) is 3.05. The first-order chi connectivity index (χ1) is 13.0. The molecule has 5 heteroatoms. The van der Waals surface area contributed by atoms with E-state index >= 15 is 0 Å². The minimum Gasteiger partial charge on any atom is -0.438 e. The Kier molecular flexibility index (Phi) is 5.60. The number of hydrogen-bond acceptors (Lipinski definition) is 4. The minimum absolute atomic E-state index is 0.124. The standard InChI is InChI=1S/C22H25N3O2/c1-4-25(5-2)18-11-10-17-12-19(21(23)27-20(17)13-18)22(26)24-14-16-8-6-15(3)7-9-16/h6-13,23H,4-5,14H2,1-3H3,(H,24,26). The van der Waals surface area contributed by atoms with Crippen molar-refractivity contribution in [1.82, 2.24) is 5.32 Å². The average Bonchev–Trinajstić information content (AvgIpc) is 2.67. The van der Waals surface area contributed by atoms with Gasteiger partial charge < -0.3 is 14.6 Å². The lowest BCUT2D eigenvalue weighted by atomic mass is 10.1. The molecule has 2 aromatic carbocycles. The minimum atomic E-state index is -0.306. The molecule has 0 atom stereocenters. The lowest BCUT2D eigenvalue weighted by Crippen LogP contribution is -2.28. The van der Waals surface area contributed by atoms with Crippen molar-refractivity contribution in [3.05, 3.63) is 70.8 Å². The molecule has 0 radical (unpaired) electrons. The maximum absolute atomic E-state index is 12.5. The molecule has 3 rings (SSSR count). The molecule has 0 aliphatic rings. The molecule has 0 bridgehead atoms. The molecule has 5 nitrogen and oxygen atoms in total. The third-order valence-electron chi connectivity index (χ3n) is 4.70.